The Morgan fingerprint density at radius 3 is 3.07 bits per heavy atom. The Bertz CT molecular complexity index is 363. The molecule has 0 aliphatic heterocycles. The van der Waals surface area contributed by atoms with E-state index in [9.17, 15) is 9.90 Å². The van der Waals surface area contributed by atoms with Crippen LogP contribution in [0, 0.1) is 0 Å². The Balaban J connectivity index is 2.11. The summed E-state index contributed by atoms with van der Waals surface area (Å²) >= 11 is 0. The average molecular weight is 195 g/mol. The molecule has 0 spiro atoms. The van der Waals surface area contributed by atoms with Crippen molar-refractivity contribution in [3.05, 3.63) is 22.7 Å². The maximum Gasteiger partial charge on any atom is 0.290 e. The van der Waals surface area contributed by atoms with Gasteiger partial charge in [0.1, 0.15) is 0 Å². The predicted molar refractivity (Wildman–Crippen MR) is 52.1 cm³/mol. The fourth-order valence-electron chi connectivity index (χ4n) is 1.74. The van der Waals surface area contributed by atoms with Gasteiger partial charge in [-0.3, -0.25) is 4.79 Å². The molecule has 0 aromatic carbocycles. The van der Waals surface area contributed by atoms with Gasteiger partial charge in [0.2, 0.25) is 0 Å². The maximum atomic E-state index is 11.3. The van der Waals surface area contributed by atoms with Crippen LogP contribution in [0.5, 0.6) is 0 Å². The van der Waals surface area contributed by atoms with E-state index >= 15 is 0 Å². The number of aliphatic hydroxyl groups excluding tert-OH is 1. The summed E-state index contributed by atoms with van der Waals surface area (Å²) in [5.74, 6) is 0.290. The van der Waals surface area contributed by atoms with Crippen LogP contribution in [0.25, 0.3) is 0 Å². The number of aliphatic hydroxyl groups is 1. The number of anilines is 1. The van der Waals surface area contributed by atoms with E-state index in [2.05, 4.69) is 15.3 Å². The van der Waals surface area contributed by atoms with E-state index in [1.807, 2.05) is 0 Å². The SMILES string of the molecule is O=c1[nH]ccnc1NC1CCCC1O. The van der Waals surface area contributed by atoms with Crippen molar-refractivity contribution in [3.8, 4) is 0 Å². The van der Waals surface area contributed by atoms with E-state index in [1.54, 1.807) is 0 Å². The highest BCUT2D eigenvalue weighted by atomic mass is 16.3. The van der Waals surface area contributed by atoms with Crippen LogP contribution in [-0.2, 0) is 0 Å². The van der Waals surface area contributed by atoms with Gasteiger partial charge in [-0.2, -0.15) is 0 Å². The summed E-state index contributed by atoms with van der Waals surface area (Å²) in [6, 6.07) is -0.0361. The number of hydrogen-bond donors (Lipinski definition) is 3. The summed E-state index contributed by atoms with van der Waals surface area (Å²) in [5.41, 5.74) is -0.244. The van der Waals surface area contributed by atoms with Crippen LogP contribution < -0.4 is 10.9 Å². The number of aromatic nitrogens is 2. The van der Waals surface area contributed by atoms with Crippen LogP contribution in [0.15, 0.2) is 17.2 Å². The molecule has 1 aromatic heterocycles. The Kier molecular flexibility index (Phi) is 2.49. The van der Waals surface area contributed by atoms with Gasteiger partial charge in [-0.25, -0.2) is 4.98 Å². The molecule has 3 N–H and O–H groups in total. The predicted octanol–water partition coefficient (Wildman–Crippen LogP) is 0.0952. The van der Waals surface area contributed by atoms with E-state index in [1.165, 1.54) is 12.4 Å². The second kappa shape index (κ2) is 3.79. The lowest BCUT2D eigenvalue weighted by Crippen LogP contribution is -2.31. The zero-order valence-electron chi connectivity index (χ0n) is 7.73. The van der Waals surface area contributed by atoms with E-state index in [4.69, 9.17) is 0 Å². The number of nitrogens with one attached hydrogen (secondary N) is 2. The summed E-state index contributed by atoms with van der Waals surface area (Å²) < 4.78 is 0. The molecule has 1 aromatic rings. The summed E-state index contributed by atoms with van der Waals surface area (Å²) in [6.45, 7) is 0. The normalized spacial score (nSPS) is 26.4. The van der Waals surface area contributed by atoms with Crippen molar-refractivity contribution in [3.63, 3.8) is 0 Å². The van der Waals surface area contributed by atoms with Gasteiger partial charge in [-0.15, -0.1) is 0 Å². The third-order valence-electron chi connectivity index (χ3n) is 2.51. The van der Waals surface area contributed by atoms with Crippen LogP contribution >= 0.6 is 0 Å². The maximum absolute atomic E-state index is 11.3. The zero-order valence-corrected chi connectivity index (χ0v) is 7.73. The molecule has 1 aliphatic carbocycles. The standard InChI is InChI=1S/C9H13N3O2/c13-7-3-1-2-6(7)12-8-9(14)11-5-4-10-8/h4-7,13H,1-3H2,(H,10,12)(H,11,14). The van der Waals surface area contributed by atoms with E-state index in [-0.39, 0.29) is 17.7 Å². The monoisotopic (exact) mass is 195 g/mol. The number of nitrogens with zero attached hydrogens (tertiary/aromatic N) is 1. The lowest BCUT2D eigenvalue weighted by Gasteiger charge is -2.15. The fraction of sp³-hybridized carbons (Fsp3) is 0.556. The molecule has 0 bridgehead atoms. The number of H-pyrrole nitrogens is 1. The Hall–Kier alpha value is -1.36. The van der Waals surface area contributed by atoms with Crippen molar-refractivity contribution in [1.82, 2.24) is 9.97 Å². The number of aromatic amines is 1. The van der Waals surface area contributed by atoms with Crippen LogP contribution in [0.2, 0.25) is 0 Å². The molecule has 76 valence electrons. The van der Waals surface area contributed by atoms with Gasteiger partial charge in [-0.1, -0.05) is 0 Å². The highest BCUT2D eigenvalue weighted by molar-refractivity contribution is 5.32. The van der Waals surface area contributed by atoms with Crippen molar-refractivity contribution < 1.29 is 5.11 Å². The Morgan fingerprint density at radius 1 is 1.57 bits per heavy atom. The first-order valence-corrected chi connectivity index (χ1v) is 4.75. The molecule has 2 atom stereocenters. The van der Waals surface area contributed by atoms with Crippen LogP contribution in [0.4, 0.5) is 5.82 Å². The van der Waals surface area contributed by atoms with Gasteiger partial charge >= 0.3 is 0 Å². The van der Waals surface area contributed by atoms with Crippen molar-refractivity contribution in [2.24, 2.45) is 0 Å². The summed E-state index contributed by atoms with van der Waals surface area (Å²) in [7, 11) is 0. The fourth-order valence-corrected chi connectivity index (χ4v) is 1.74. The minimum Gasteiger partial charge on any atom is -0.391 e. The van der Waals surface area contributed by atoms with Crippen LogP contribution in [-0.4, -0.2) is 27.2 Å². The zero-order chi connectivity index (χ0) is 9.97. The second-order valence-corrected chi connectivity index (χ2v) is 3.52. The molecule has 2 rings (SSSR count). The number of hydrogen-bond acceptors (Lipinski definition) is 4. The highest BCUT2D eigenvalue weighted by Crippen LogP contribution is 2.20. The topological polar surface area (TPSA) is 78.0 Å². The molecule has 14 heavy (non-hydrogen) atoms. The van der Waals surface area contributed by atoms with Gasteiger partial charge in [-0.05, 0) is 19.3 Å². The number of rotatable bonds is 2. The van der Waals surface area contributed by atoms with Crippen LogP contribution in [0.1, 0.15) is 19.3 Å². The molecule has 1 aliphatic rings. The van der Waals surface area contributed by atoms with Crippen molar-refractivity contribution in [2.75, 3.05) is 5.32 Å². The third kappa shape index (κ3) is 1.77. The largest absolute Gasteiger partial charge is 0.391 e. The van der Waals surface area contributed by atoms with E-state index in [0.717, 1.165) is 19.3 Å². The lowest BCUT2D eigenvalue weighted by molar-refractivity contribution is 0.171. The first kappa shape index (κ1) is 9.21. The molecule has 1 saturated carbocycles. The smallest absolute Gasteiger partial charge is 0.290 e. The summed E-state index contributed by atoms with van der Waals surface area (Å²) in [5, 5.41) is 12.5. The quantitative estimate of drug-likeness (QED) is 0.625. The third-order valence-corrected chi connectivity index (χ3v) is 2.51. The summed E-state index contributed by atoms with van der Waals surface area (Å²) in [4.78, 5) is 17.7. The Morgan fingerprint density at radius 2 is 2.43 bits per heavy atom. The molecule has 1 heterocycles. The van der Waals surface area contributed by atoms with Gasteiger partial charge in [0.25, 0.3) is 5.56 Å². The summed E-state index contributed by atoms with van der Waals surface area (Å²) in [6.07, 6.45) is 5.31. The van der Waals surface area contributed by atoms with E-state index < -0.39 is 0 Å². The Labute approximate surface area is 81.2 Å². The second-order valence-electron chi connectivity index (χ2n) is 3.52. The molecule has 0 radical (unpaired) electrons. The molecule has 5 nitrogen and oxygen atoms in total. The van der Waals surface area contributed by atoms with Gasteiger partial charge in [0.05, 0.1) is 12.1 Å². The average Bonchev–Trinajstić information content (AvgIpc) is 2.56. The molecular formula is C9H13N3O2. The van der Waals surface area contributed by atoms with Crippen molar-refractivity contribution in [1.29, 1.82) is 0 Å². The van der Waals surface area contributed by atoms with Gasteiger partial charge in [0, 0.05) is 12.4 Å². The molecule has 0 saturated heterocycles. The minimum absolute atomic E-state index is 0.0361. The van der Waals surface area contributed by atoms with E-state index in [0.29, 0.717) is 5.82 Å². The first-order chi connectivity index (χ1) is 6.77. The lowest BCUT2D eigenvalue weighted by atomic mass is 10.2. The molecule has 0 amide bonds. The first-order valence-electron chi connectivity index (χ1n) is 4.75. The highest BCUT2D eigenvalue weighted by Gasteiger charge is 2.25. The van der Waals surface area contributed by atoms with Crippen molar-refractivity contribution in [2.45, 2.75) is 31.4 Å². The molecule has 1 fully saturated rings. The van der Waals surface area contributed by atoms with Gasteiger partial charge in [0.15, 0.2) is 5.82 Å². The minimum atomic E-state index is -0.364. The molecular weight excluding hydrogens is 182 g/mol. The van der Waals surface area contributed by atoms with Crippen LogP contribution in [0.3, 0.4) is 0 Å². The van der Waals surface area contributed by atoms with Gasteiger partial charge < -0.3 is 15.4 Å². The van der Waals surface area contributed by atoms with Crippen molar-refractivity contribution >= 4 is 5.82 Å². The molecule has 5 heteroatoms. The molecule has 2 unspecified atom stereocenters.